The number of rotatable bonds is 4. The second-order valence-corrected chi connectivity index (χ2v) is 4.77. The van der Waals surface area contributed by atoms with Gasteiger partial charge in [0.05, 0.1) is 31.5 Å². The van der Waals surface area contributed by atoms with Crippen LogP contribution in [-0.4, -0.2) is 25.1 Å². The van der Waals surface area contributed by atoms with E-state index in [2.05, 4.69) is 6.07 Å². The zero-order valence-electron chi connectivity index (χ0n) is 10.7. The second-order valence-electron chi connectivity index (χ2n) is 4.77. The lowest BCUT2D eigenvalue weighted by molar-refractivity contribution is -0.145. The predicted molar refractivity (Wildman–Crippen MR) is 65.7 cm³/mol. The highest BCUT2D eigenvalue weighted by Gasteiger charge is 2.32. The summed E-state index contributed by atoms with van der Waals surface area (Å²) in [5, 5.41) is 8.69. The van der Waals surface area contributed by atoms with E-state index in [1.54, 1.807) is 12.1 Å². The molecule has 1 aliphatic heterocycles. The van der Waals surface area contributed by atoms with Gasteiger partial charge in [0.2, 0.25) is 0 Å². The van der Waals surface area contributed by atoms with Crippen LogP contribution in [0.4, 0.5) is 0 Å². The van der Waals surface area contributed by atoms with Gasteiger partial charge in [-0.2, -0.15) is 5.26 Å². The van der Waals surface area contributed by atoms with Crippen molar-refractivity contribution < 1.29 is 14.2 Å². The van der Waals surface area contributed by atoms with E-state index >= 15 is 0 Å². The molecule has 1 fully saturated rings. The van der Waals surface area contributed by atoms with E-state index in [0.717, 1.165) is 5.56 Å². The van der Waals surface area contributed by atoms with Crippen LogP contribution in [0, 0.1) is 11.3 Å². The second kappa shape index (κ2) is 5.49. The van der Waals surface area contributed by atoms with Crippen LogP contribution in [0.1, 0.15) is 25.0 Å². The number of benzene rings is 1. The molecule has 0 bridgehead atoms. The highest BCUT2D eigenvalue weighted by atomic mass is 16.7. The van der Waals surface area contributed by atoms with Crippen molar-refractivity contribution in [2.24, 2.45) is 0 Å². The van der Waals surface area contributed by atoms with Gasteiger partial charge in [0, 0.05) is 0 Å². The van der Waals surface area contributed by atoms with Gasteiger partial charge in [-0.05, 0) is 31.5 Å². The summed E-state index contributed by atoms with van der Waals surface area (Å²) in [5.74, 6) is -0.498. The predicted octanol–water partition coefficient (Wildman–Crippen LogP) is 2.23. The number of nitrogens with zero attached hydrogens (tertiary/aromatic N) is 1. The Morgan fingerprint density at radius 1 is 1.39 bits per heavy atom. The van der Waals surface area contributed by atoms with Crippen LogP contribution in [0.2, 0.25) is 0 Å². The maximum absolute atomic E-state index is 8.69. The van der Waals surface area contributed by atoms with Gasteiger partial charge in [0.15, 0.2) is 5.79 Å². The van der Waals surface area contributed by atoms with Gasteiger partial charge < -0.3 is 14.2 Å². The quantitative estimate of drug-likeness (QED) is 0.818. The van der Waals surface area contributed by atoms with Crippen LogP contribution in [0.3, 0.4) is 0 Å². The average Bonchev–Trinajstić information content (AvgIpc) is 2.70. The van der Waals surface area contributed by atoms with Gasteiger partial charge in [-0.25, -0.2) is 0 Å². The van der Waals surface area contributed by atoms with Crippen molar-refractivity contribution in [2.45, 2.75) is 32.3 Å². The Hall–Kier alpha value is -1.41. The molecule has 0 unspecified atom stereocenters. The topological polar surface area (TPSA) is 51.5 Å². The number of hydrogen-bond acceptors (Lipinski definition) is 4. The van der Waals surface area contributed by atoms with Crippen molar-refractivity contribution in [1.29, 1.82) is 5.26 Å². The molecule has 1 aromatic carbocycles. The van der Waals surface area contributed by atoms with Gasteiger partial charge in [-0.3, -0.25) is 0 Å². The molecule has 0 N–H and O–H groups in total. The minimum atomic E-state index is -0.498. The van der Waals surface area contributed by atoms with E-state index in [-0.39, 0.29) is 6.10 Å². The molecule has 0 aromatic heterocycles. The number of hydrogen-bond donors (Lipinski definition) is 0. The first-order valence-corrected chi connectivity index (χ1v) is 5.97. The lowest BCUT2D eigenvalue weighted by atomic mass is 10.2. The fraction of sp³-hybridized carbons (Fsp3) is 0.500. The van der Waals surface area contributed by atoms with Crippen molar-refractivity contribution in [2.75, 3.05) is 13.2 Å². The zero-order valence-corrected chi connectivity index (χ0v) is 10.7. The molecule has 96 valence electrons. The summed E-state index contributed by atoms with van der Waals surface area (Å²) in [5.41, 5.74) is 1.71. The average molecular weight is 247 g/mol. The van der Waals surface area contributed by atoms with Gasteiger partial charge in [0.25, 0.3) is 0 Å². The van der Waals surface area contributed by atoms with E-state index < -0.39 is 5.79 Å². The molecule has 2 rings (SSSR count). The van der Waals surface area contributed by atoms with Crippen molar-refractivity contribution in [3.63, 3.8) is 0 Å². The van der Waals surface area contributed by atoms with Crippen LogP contribution in [0.15, 0.2) is 24.3 Å². The lowest BCUT2D eigenvalue weighted by Crippen LogP contribution is -2.24. The SMILES string of the molecule is CC1(C)OC[C@H](COCc2ccc(C#N)cc2)O1. The smallest absolute Gasteiger partial charge is 0.163 e. The first-order chi connectivity index (χ1) is 8.59. The Kier molecular flexibility index (Phi) is 3.97. The molecular weight excluding hydrogens is 230 g/mol. The summed E-state index contributed by atoms with van der Waals surface area (Å²) in [6.07, 6.45) is -0.00150. The molecule has 4 heteroatoms. The van der Waals surface area contributed by atoms with E-state index in [4.69, 9.17) is 19.5 Å². The minimum absolute atomic E-state index is 0.00150. The van der Waals surface area contributed by atoms with Crippen molar-refractivity contribution in [3.8, 4) is 6.07 Å². The van der Waals surface area contributed by atoms with E-state index in [0.29, 0.717) is 25.4 Å². The van der Waals surface area contributed by atoms with Gasteiger partial charge >= 0.3 is 0 Å². The molecule has 1 heterocycles. The Bertz CT molecular complexity index is 433. The van der Waals surface area contributed by atoms with Gasteiger partial charge in [-0.1, -0.05) is 12.1 Å². The zero-order chi connectivity index (χ0) is 13.0. The summed E-state index contributed by atoms with van der Waals surface area (Å²) in [4.78, 5) is 0. The molecule has 1 aromatic rings. The summed E-state index contributed by atoms with van der Waals surface area (Å²) in [6.45, 7) is 5.40. The molecule has 0 saturated carbocycles. The third-order valence-corrected chi connectivity index (χ3v) is 2.72. The molecule has 1 aliphatic rings. The largest absolute Gasteiger partial charge is 0.374 e. The molecule has 0 spiro atoms. The molecule has 0 aliphatic carbocycles. The van der Waals surface area contributed by atoms with E-state index in [1.165, 1.54) is 0 Å². The minimum Gasteiger partial charge on any atom is -0.374 e. The van der Waals surface area contributed by atoms with Crippen LogP contribution < -0.4 is 0 Å². The standard InChI is InChI=1S/C14H17NO3/c1-14(2)17-10-13(18-14)9-16-8-12-5-3-11(7-15)4-6-12/h3-6,13H,8-10H2,1-2H3/t13-/m0/s1. The Morgan fingerprint density at radius 2 is 2.11 bits per heavy atom. The molecule has 0 radical (unpaired) electrons. The molecule has 4 nitrogen and oxygen atoms in total. The Labute approximate surface area is 107 Å². The van der Waals surface area contributed by atoms with Crippen molar-refractivity contribution in [3.05, 3.63) is 35.4 Å². The van der Waals surface area contributed by atoms with E-state index in [1.807, 2.05) is 26.0 Å². The molecule has 18 heavy (non-hydrogen) atoms. The van der Waals surface area contributed by atoms with E-state index in [9.17, 15) is 0 Å². The molecule has 0 amide bonds. The Balaban J connectivity index is 1.74. The highest BCUT2D eigenvalue weighted by molar-refractivity contribution is 5.31. The summed E-state index contributed by atoms with van der Waals surface area (Å²) < 4.78 is 16.7. The summed E-state index contributed by atoms with van der Waals surface area (Å²) in [7, 11) is 0. The Morgan fingerprint density at radius 3 is 2.67 bits per heavy atom. The number of ether oxygens (including phenoxy) is 3. The molecule has 1 saturated heterocycles. The van der Waals surface area contributed by atoms with Crippen molar-refractivity contribution >= 4 is 0 Å². The third-order valence-electron chi connectivity index (χ3n) is 2.72. The summed E-state index contributed by atoms with van der Waals surface area (Å²) in [6, 6.07) is 9.46. The van der Waals surface area contributed by atoms with Crippen LogP contribution in [0.25, 0.3) is 0 Å². The fourth-order valence-corrected chi connectivity index (χ4v) is 1.83. The van der Waals surface area contributed by atoms with Crippen LogP contribution in [0.5, 0.6) is 0 Å². The summed E-state index contributed by atoms with van der Waals surface area (Å²) >= 11 is 0. The maximum atomic E-state index is 8.69. The lowest BCUT2D eigenvalue weighted by Gasteiger charge is -2.17. The normalized spacial score (nSPS) is 21.7. The fourth-order valence-electron chi connectivity index (χ4n) is 1.83. The maximum Gasteiger partial charge on any atom is 0.163 e. The van der Waals surface area contributed by atoms with Crippen LogP contribution in [-0.2, 0) is 20.8 Å². The highest BCUT2D eigenvalue weighted by Crippen LogP contribution is 2.22. The van der Waals surface area contributed by atoms with Gasteiger partial charge in [-0.15, -0.1) is 0 Å². The third kappa shape index (κ3) is 3.54. The van der Waals surface area contributed by atoms with Crippen molar-refractivity contribution in [1.82, 2.24) is 0 Å². The number of nitriles is 1. The molecular formula is C14H17NO3. The first kappa shape index (κ1) is 13.0. The monoisotopic (exact) mass is 247 g/mol. The van der Waals surface area contributed by atoms with Crippen LogP contribution >= 0.6 is 0 Å². The first-order valence-electron chi connectivity index (χ1n) is 5.97. The van der Waals surface area contributed by atoms with Gasteiger partial charge in [0.1, 0.15) is 6.10 Å². The molecule has 1 atom stereocenters.